The average Bonchev–Trinajstić information content (AvgIpc) is 2.98. The highest BCUT2D eigenvalue weighted by molar-refractivity contribution is 5.95. The van der Waals surface area contributed by atoms with E-state index < -0.39 is 4.92 Å². The number of nitro groups is 1. The molecule has 2 saturated heterocycles. The summed E-state index contributed by atoms with van der Waals surface area (Å²) in [6, 6.07) is 4.76. The summed E-state index contributed by atoms with van der Waals surface area (Å²) in [5.74, 6) is 0.214. The summed E-state index contributed by atoms with van der Waals surface area (Å²) < 4.78 is 0. The van der Waals surface area contributed by atoms with Gasteiger partial charge in [0, 0.05) is 50.3 Å². The van der Waals surface area contributed by atoms with Crippen molar-refractivity contribution < 1.29 is 9.72 Å². The molecule has 22 heavy (non-hydrogen) atoms. The van der Waals surface area contributed by atoms with Crippen molar-refractivity contribution in [1.29, 1.82) is 0 Å². The van der Waals surface area contributed by atoms with Gasteiger partial charge >= 0.3 is 0 Å². The Hall–Kier alpha value is -2.15. The van der Waals surface area contributed by atoms with E-state index in [1.807, 2.05) is 4.90 Å². The summed E-state index contributed by atoms with van der Waals surface area (Å²) in [7, 11) is 0. The minimum Gasteiger partial charge on any atom is -0.366 e. The lowest BCUT2D eigenvalue weighted by molar-refractivity contribution is -0.384. The molecule has 2 N–H and O–H groups in total. The first-order chi connectivity index (χ1) is 10.6. The molecule has 0 spiro atoms. The molecule has 2 heterocycles. The Labute approximate surface area is 128 Å². The Kier molecular flexibility index (Phi) is 4.24. The van der Waals surface area contributed by atoms with Gasteiger partial charge in [-0.05, 0) is 25.0 Å². The van der Waals surface area contributed by atoms with Gasteiger partial charge in [0.15, 0.2) is 0 Å². The van der Waals surface area contributed by atoms with E-state index in [-0.39, 0.29) is 11.6 Å². The number of carbonyl (C=O) groups excluding carboxylic acids is 1. The van der Waals surface area contributed by atoms with Gasteiger partial charge in [-0.25, -0.2) is 0 Å². The molecule has 7 heteroatoms. The molecule has 0 aliphatic carbocycles. The van der Waals surface area contributed by atoms with E-state index in [4.69, 9.17) is 0 Å². The van der Waals surface area contributed by atoms with Crippen LogP contribution in [-0.2, 0) is 0 Å². The summed E-state index contributed by atoms with van der Waals surface area (Å²) in [6.07, 6.45) is 2.10. The Morgan fingerprint density at radius 1 is 1.36 bits per heavy atom. The smallest absolute Gasteiger partial charge is 0.293 e. The number of benzene rings is 1. The van der Waals surface area contributed by atoms with Gasteiger partial charge in [0.25, 0.3) is 11.6 Å². The van der Waals surface area contributed by atoms with Gasteiger partial charge < -0.3 is 15.5 Å². The van der Waals surface area contributed by atoms with Crippen LogP contribution in [0.3, 0.4) is 0 Å². The Morgan fingerprint density at radius 3 is 2.68 bits per heavy atom. The fourth-order valence-corrected chi connectivity index (χ4v) is 2.87. The number of nitrogens with one attached hydrogen (secondary N) is 2. The minimum atomic E-state index is -0.402. The molecule has 1 aromatic rings. The van der Waals surface area contributed by atoms with Gasteiger partial charge in [-0.15, -0.1) is 0 Å². The maximum Gasteiger partial charge on any atom is 0.293 e. The summed E-state index contributed by atoms with van der Waals surface area (Å²) in [6.45, 7) is 4.10. The van der Waals surface area contributed by atoms with Gasteiger partial charge in [-0.2, -0.15) is 0 Å². The molecule has 0 aromatic heterocycles. The van der Waals surface area contributed by atoms with E-state index >= 15 is 0 Å². The van der Waals surface area contributed by atoms with Crippen molar-refractivity contribution >= 4 is 17.3 Å². The second kappa shape index (κ2) is 6.31. The van der Waals surface area contributed by atoms with Gasteiger partial charge in [-0.1, -0.05) is 0 Å². The van der Waals surface area contributed by atoms with E-state index in [0.29, 0.717) is 23.7 Å². The van der Waals surface area contributed by atoms with Crippen LogP contribution in [0, 0.1) is 16.0 Å². The van der Waals surface area contributed by atoms with Crippen LogP contribution in [-0.4, -0.2) is 43.6 Å². The van der Waals surface area contributed by atoms with E-state index in [9.17, 15) is 14.9 Å². The minimum absolute atomic E-state index is 0.0138. The molecule has 118 valence electrons. The fraction of sp³-hybridized carbons (Fsp3) is 0.533. The van der Waals surface area contributed by atoms with Gasteiger partial charge in [-0.3, -0.25) is 14.9 Å². The van der Waals surface area contributed by atoms with Gasteiger partial charge in [0.2, 0.25) is 0 Å². The second-order valence-corrected chi connectivity index (χ2v) is 5.89. The second-order valence-electron chi connectivity index (χ2n) is 5.89. The molecule has 1 aromatic carbocycles. The van der Waals surface area contributed by atoms with Crippen molar-refractivity contribution in [3.8, 4) is 0 Å². The standard InChI is InChI=1S/C15H20N4O3/c20-15(17-10-11-8-16-9-11)12-3-4-13(14(7-12)19(21)22)18-5-1-2-6-18/h3-4,7,11,16H,1-2,5-6,8-10H2,(H,17,20). The van der Waals surface area contributed by atoms with E-state index in [1.165, 1.54) is 6.07 Å². The Morgan fingerprint density at radius 2 is 2.09 bits per heavy atom. The van der Waals surface area contributed by atoms with Crippen LogP contribution in [0.5, 0.6) is 0 Å². The van der Waals surface area contributed by atoms with Crippen molar-refractivity contribution in [1.82, 2.24) is 10.6 Å². The molecule has 7 nitrogen and oxygen atoms in total. The highest BCUT2D eigenvalue weighted by Crippen LogP contribution is 2.31. The topological polar surface area (TPSA) is 87.5 Å². The molecule has 2 fully saturated rings. The van der Waals surface area contributed by atoms with Crippen LogP contribution in [0.25, 0.3) is 0 Å². The van der Waals surface area contributed by atoms with E-state index in [2.05, 4.69) is 10.6 Å². The number of amides is 1. The molecule has 0 saturated carbocycles. The molecule has 2 aliphatic rings. The number of hydrogen-bond donors (Lipinski definition) is 2. The number of anilines is 1. The molecule has 0 radical (unpaired) electrons. The molecule has 0 bridgehead atoms. The van der Waals surface area contributed by atoms with Crippen LogP contribution in [0.2, 0.25) is 0 Å². The van der Waals surface area contributed by atoms with Crippen LogP contribution in [0.4, 0.5) is 11.4 Å². The first-order valence-electron chi connectivity index (χ1n) is 7.67. The summed E-state index contributed by atoms with van der Waals surface area (Å²) in [4.78, 5) is 25.1. The molecule has 0 atom stereocenters. The van der Waals surface area contributed by atoms with Crippen LogP contribution < -0.4 is 15.5 Å². The summed E-state index contributed by atoms with van der Waals surface area (Å²) in [5.41, 5.74) is 0.976. The highest BCUT2D eigenvalue weighted by Gasteiger charge is 2.24. The maximum atomic E-state index is 12.1. The van der Waals surface area contributed by atoms with Crippen molar-refractivity contribution in [2.45, 2.75) is 12.8 Å². The monoisotopic (exact) mass is 304 g/mol. The van der Waals surface area contributed by atoms with Gasteiger partial charge in [0.1, 0.15) is 5.69 Å². The molecule has 0 unspecified atom stereocenters. The quantitative estimate of drug-likeness (QED) is 0.629. The third kappa shape index (κ3) is 3.04. The number of hydrogen-bond acceptors (Lipinski definition) is 5. The first kappa shape index (κ1) is 14.8. The number of rotatable bonds is 5. The van der Waals surface area contributed by atoms with E-state index in [1.54, 1.807) is 12.1 Å². The zero-order valence-corrected chi connectivity index (χ0v) is 12.4. The largest absolute Gasteiger partial charge is 0.366 e. The number of carbonyl (C=O) groups is 1. The lowest BCUT2D eigenvalue weighted by Gasteiger charge is -2.27. The molecule has 1 amide bonds. The van der Waals surface area contributed by atoms with Crippen LogP contribution in [0.15, 0.2) is 18.2 Å². The lowest BCUT2D eigenvalue weighted by atomic mass is 10.0. The Bertz CT molecular complexity index is 580. The van der Waals surface area contributed by atoms with Crippen LogP contribution >= 0.6 is 0 Å². The summed E-state index contributed by atoms with van der Waals surface area (Å²) in [5, 5.41) is 17.3. The predicted molar refractivity (Wildman–Crippen MR) is 83.2 cm³/mol. The number of nitro benzene ring substituents is 1. The first-order valence-corrected chi connectivity index (χ1v) is 7.67. The van der Waals surface area contributed by atoms with Crippen molar-refractivity contribution in [2.75, 3.05) is 37.6 Å². The fourth-order valence-electron chi connectivity index (χ4n) is 2.87. The van der Waals surface area contributed by atoms with Crippen molar-refractivity contribution in [2.24, 2.45) is 5.92 Å². The van der Waals surface area contributed by atoms with Crippen LogP contribution in [0.1, 0.15) is 23.2 Å². The predicted octanol–water partition coefficient (Wildman–Crippen LogP) is 1.14. The van der Waals surface area contributed by atoms with Gasteiger partial charge in [0.05, 0.1) is 4.92 Å². The third-order valence-corrected chi connectivity index (χ3v) is 4.30. The zero-order chi connectivity index (χ0) is 15.5. The van der Waals surface area contributed by atoms with Crippen molar-refractivity contribution in [3.63, 3.8) is 0 Å². The van der Waals surface area contributed by atoms with Crippen molar-refractivity contribution in [3.05, 3.63) is 33.9 Å². The zero-order valence-electron chi connectivity index (χ0n) is 12.4. The Balaban J connectivity index is 1.75. The normalized spacial score (nSPS) is 18.1. The average molecular weight is 304 g/mol. The molecular weight excluding hydrogens is 284 g/mol. The highest BCUT2D eigenvalue weighted by atomic mass is 16.6. The van der Waals surface area contributed by atoms with E-state index in [0.717, 1.165) is 39.0 Å². The number of nitrogens with zero attached hydrogens (tertiary/aromatic N) is 2. The maximum absolute atomic E-state index is 12.1. The lowest BCUT2D eigenvalue weighted by Crippen LogP contribution is -2.48. The third-order valence-electron chi connectivity index (χ3n) is 4.30. The molecular formula is C15H20N4O3. The SMILES string of the molecule is O=C(NCC1CNC1)c1ccc(N2CCCC2)c([N+](=O)[O-])c1. The summed E-state index contributed by atoms with van der Waals surface area (Å²) >= 11 is 0. The molecule has 2 aliphatic heterocycles. The molecule has 3 rings (SSSR count).